The van der Waals surface area contributed by atoms with Crippen molar-refractivity contribution in [1.82, 2.24) is 39.5 Å². The molecule has 14 heteroatoms. The molecule has 0 aliphatic heterocycles. The maximum Gasteiger partial charge on any atom is 0.226 e. The maximum absolute atomic E-state index is 14.6. The summed E-state index contributed by atoms with van der Waals surface area (Å²) in [5.74, 6) is -0.909. The van der Waals surface area contributed by atoms with E-state index in [9.17, 15) is 29.7 Å². The van der Waals surface area contributed by atoms with Crippen molar-refractivity contribution in [2.45, 2.75) is 117 Å². The number of nitrogens with zero attached hydrogens (tertiary/aromatic N) is 8. The van der Waals surface area contributed by atoms with Gasteiger partial charge in [0.15, 0.2) is 0 Å². The zero-order chi connectivity index (χ0) is 55.8. The van der Waals surface area contributed by atoms with E-state index in [1.165, 1.54) is 0 Å². The van der Waals surface area contributed by atoms with E-state index >= 15 is 0 Å². The van der Waals surface area contributed by atoms with E-state index in [2.05, 4.69) is 96.0 Å². The number of aromatic nitrogens is 4. The highest BCUT2D eigenvalue weighted by molar-refractivity contribution is 5.87. The Labute approximate surface area is 463 Å². The Bertz CT molecular complexity index is 3450. The molecular formula is C65H70N10O4. The number of carbonyl (C=O) groups excluding carboxylic acids is 4. The van der Waals surface area contributed by atoms with Crippen LogP contribution in [0.2, 0.25) is 0 Å². The van der Waals surface area contributed by atoms with Crippen LogP contribution < -0.4 is 10.6 Å². The molecule has 0 aliphatic carbocycles. The first-order valence-electron chi connectivity index (χ1n) is 27.4. The predicted octanol–water partition coefficient (Wildman–Crippen LogP) is 10.3. The lowest BCUT2D eigenvalue weighted by Crippen LogP contribution is -2.56. The minimum Gasteiger partial charge on any atom is -0.351 e. The molecule has 8 aromatic rings. The molecule has 0 radical (unpaired) electrons. The van der Waals surface area contributed by atoms with Gasteiger partial charge in [-0.1, -0.05) is 143 Å². The van der Waals surface area contributed by atoms with Crippen molar-refractivity contribution in [2.24, 2.45) is 11.8 Å². The third-order valence-corrected chi connectivity index (χ3v) is 15.4. The molecule has 0 spiro atoms. The molecule has 2 heterocycles. The van der Waals surface area contributed by atoms with Gasteiger partial charge in [0.1, 0.15) is 0 Å². The fourth-order valence-corrected chi connectivity index (χ4v) is 10.7. The highest BCUT2D eigenvalue weighted by Gasteiger charge is 2.36. The van der Waals surface area contributed by atoms with Crippen LogP contribution in [-0.2, 0) is 58.2 Å². The van der Waals surface area contributed by atoms with Crippen molar-refractivity contribution >= 4 is 45.2 Å². The molecule has 0 saturated carbocycles. The second kappa shape index (κ2) is 26.9. The van der Waals surface area contributed by atoms with Crippen LogP contribution in [0.15, 0.2) is 159 Å². The largest absolute Gasteiger partial charge is 0.351 e. The van der Waals surface area contributed by atoms with E-state index < -0.39 is 18.1 Å². The van der Waals surface area contributed by atoms with Gasteiger partial charge >= 0.3 is 0 Å². The van der Waals surface area contributed by atoms with Gasteiger partial charge in [-0.25, -0.2) is 9.97 Å². The van der Waals surface area contributed by atoms with Crippen molar-refractivity contribution < 1.29 is 19.2 Å². The van der Waals surface area contributed by atoms with Crippen molar-refractivity contribution in [1.29, 1.82) is 10.5 Å². The SMILES string of the molecule is CCC(=O)N(Cc1cccc2ccccc12)CC(NC(=O)Cc1cncn1Cc1ccc(C#N)cc1)C(C)CCC(C(NC(=O)Cc1cncn1Cc1ccc(C#N)cc1)C(C)CC)N(Cc1cccc2ccccc12)C(C)=O. The Balaban J connectivity index is 1.11. The number of benzene rings is 6. The number of imidazole rings is 2. The van der Waals surface area contributed by atoms with E-state index in [-0.39, 0.29) is 61.3 Å². The highest BCUT2D eigenvalue weighted by atomic mass is 16.2. The predicted molar refractivity (Wildman–Crippen MR) is 308 cm³/mol. The second-order valence-corrected chi connectivity index (χ2v) is 20.8. The quantitative estimate of drug-likeness (QED) is 0.0567. The fraction of sp³-hybridized carbons (Fsp3) is 0.323. The number of hydrogen-bond donors (Lipinski definition) is 2. The third-order valence-electron chi connectivity index (χ3n) is 15.4. The molecule has 14 nitrogen and oxygen atoms in total. The van der Waals surface area contributed by atoms with Gasteiger partial charge in [-0.15, -0.1) is 0 Å². The molecular weight excluding hydrogens is 985 g/mol. The Morgan fingerprint density at radius 3 is 1.59 bits per heavy atom. The first kappa shape index (κ1) is 56.3. The molecule has 5 unspecified atom stereocenters. The van der Waals surface area contributed by atoms with Gasteiger partial charge in [0.25, 0.3) is 0 Å². The number of amides is 4. The van der Waals surface area contributed by atoms with Crippen LogP contribution in [0.4, 0.5) is 0 Å². The highest BCUT2D eigenvalue weighted by Crippen LogP contribution is 2.29. The number of carbonyl (C=O) groups is 4. The Kier molecular flexibility index (Phi) is 19.2. The second-order valence-electron chi connectivity index (χ2n) is 20.8. The van der Waals surface area contributed by atoms with Gasteiger partial charge in [0.2, 0.25) is 23.6 Å². The summed E-state index contributed by atoms with van der Waals surface area (Å²) in [6, 6.07) is 46.0. The summed E-state index contributed by atoms with van der Waals surface area (Å²) < 4.78 is 3.86. The number of rotatable bonds is 25. The van der Waals surface area contributed by atoms with Gasteiger partial charge in [-0.3, -0.25) is 19.2 Å². The first-order valence-corrected chi connectivity index (χ1v) is 27.4. The monoisotopic (exact) mass is 1050 g/mol. The molecule has 2 aromatic heterocycles. The van der Waals surface area contributed by atoms with E-state index in [1.54, 1.807) is 56.2 Å². The summed E-state index contributed by atoms with van der Waals surface area (Å²) in [7, 11) is 0. The van der Waals surface area contributed by atoms with Gasteiger partial charge < -0.3 is 29.6 Å². The number of nitrogens with one attached hydrogen (secondary N) is 2. The minimum atomic E-state index is -0.523. The molecule has 79 heavy (non-hydrogen) atoms. The Morgan fingerprint density at radius 1 is 0.608 bits per heavy atom. The molecule has 0 bridgehead atoms. The lowest BCUT2D eigenvalue weighted by atomic mass is 9.85. The zero-order valence-corrected chi connectivity index (χ0v) is 45.9. The average Bonchev–Trinajstić information content (AvgIpc) is 4.16. The molecule has 0 aliphatic rings. The van der Waals surface area contributed by atoms with Gasteiger partial charge in [-0.2, -0.15) is 10.5 Å². The van der Waals surface area contributed by atoms with Crippen LogP contribution in [0.5, 0.6) is 0 Å². The third kappa shape index (κ3) is 14.6. The molecule has 404 valence electrons. The number of hydrogen-bond acceptors (Lipinski definition) is 8. The van der Waals surface area contributed by atoms with Gasteiger partial charge in [0.05, 0.1) is 60.8 Å². The van der Waals surface area contributed by atoms with Crippen molar-refractivity contribution in [3.8, 4) is 12.1 Å². The van der Waals surface area contributed by atoms with Crippen LogP contribution in [0.25, 0.3) is 21.5 Å². The van der Waals surface area contributed by atoms with Crippen LogP contribution in [0, 0.1) is 34.5 Å². The maximum atomic E-state index is 14.6. The van der Waals surface area contributed by atoms with Gasteiger partial charge in [0, 0.05) is 75.9 Å². The van der Waals surface area contributed by atoms with Crippen LogP contribution in [0.3, 0.4) is 0 Å². The van der Waals surface area contributed by atoms with Crippen molar-refractivity contribution in [3.05, 3.63) is 203 Å². The molecule has 5 atom stereocenters. The smallest absolute Gasteiger partial charge is 0.226 e. The topological polar surface area (TPSA) is 182 Å². The standard InChI is InChI=1S/C65H70N10O4/c1-6-45(3)65(71-63(78)33-57-37-69-44-74(57)39-51-29-25-49(35-67)26-30-51)61(75(47(5)76)41-55-19-13-17-53-15-9-11-21-59(53)55)31-22-46(4)60(42-72(64(79)7-2)40-54-18-12-16-52-14-8-10-20-58(52)54)70-62(77)32-56-36-68-43-73(56)38-50-27-23-48(34-66)24-28-50/h8-21,23-30,36-37,43-46,60-61,65H,6-7,22,31-33,38-42H2,1-5H3,(H,70,77)(H,71,78). The van der Waals surface area contributed by atoms with Crippen LogP contribution in [-0.4, -0.2) is 77.2 Å². The molecule has 6 aromatic carbocycles. The first-order chi connectivity index (χ1) is 38.3. The summed E-state index contributed by atoms with van der Waals surface area (Å²) in [5.41, 5.74) is 6.47. The van der Waals surface area contributed by atoms with Crippen molar-refractivity contribution in [2.75, 3.05) is 6.54 Å². The minimum absolute atomic E-state index is 0.0326. The summed E-state index contributed by atoms with van der Waals surface area (Å²) in [6.45, 7) is 11.5. The van der Waals surface area contributed by atoms with E-state index in [0.29, 0.717) is 55.8 Å². The van der Waals surface area contributed by atoms with E-state index in [1.807, 2.05) is 92.6 Å². The normalized spacial score (nSPS) is 13.1. The van der Waals surface area contributed by atoms with Gasteiger partial charge in [-0.05, 0) is 92.7 Å². The number of nitriles is 2. The molecule has 4 amide bonds. The van der Waals surface area contributed by atoms with Crippen LogP contribution >= 0.6 is 0 Å². The zero-order valence-electron chi connectivity index (χ0n) is 45.9. The van der Waals surface area contributed by atoms with E-state index in [0.717, 1.165) is 55.9 Å². The van der Waals surface area contributed by atoms with Crippen molar-refractivity contribution in [3.63, 3.8) is 0 Å². The Morgan fingerprint density at radius 2 is 1.10 bits per heavy atom. The average molecular weight is 1060 g/mol. The molecule has 8 rings (SSSR count). The summed E-state index contributed by atoms with van der Waals surface area (Å²) in [6.07, 6.45) is 8.86. The summed E-state index contributed by atoms with van der Waals surface area (Å²) in [4.78, 5) is 70.2. The lowest BCUT2D eigenvalue weighted by Gasteiger charge is -2.41. The summed E-state index contributed by atoms with van der Waals surface area (Å²) in [5, 5.41) is 29.8. The summed E-state index contributed by atoms with van der Waals surface area (Å²) >= 11 is 0. The Hall–Kier alpha value is -8.88. The fourth-order valence-electron chi connectivity index (χ4n) is 10.7. The van der Waals surface area contributed by atoms with E-state index in [4.69, 9.17) is 0 Å². The molecule has 0 fully saturated rings. The molecule has 2 N–H and O–H groups in total. The van der Waals surface area contributed by atoms with Crippen LogP contribution in [0.1, 0.15) is 105 Å². The molecule has 0 saturated heterocycles. The number of fused-ring (bicyclic) bond motifs is 2. The lowest BCUT2D eigenvalue weighted by molar-refractivity contribution is -0.135.